The van der Waals surface area contributed by atoms with Crippen molar-refractivity contribution >= 4 is 29.2 Å². The molecule has 3 aromatic rings. The highest BCUT2D eigenvalue weighted by atomic mass is 35.5. The van der Waals surface area contributed by atoms with Gasteiger partial charge >= 0.3 is 5.69 Å². The largest absolute Gasteiger partial charge is 0.493 e. The van der Waals surface area contributed by atoms with E-state index in [0.29, 0.717) is 16.3 Å². The van der Waals surface area contributed by atoms with Gasteiger partial charge in [0, 0.05) is 16.7 Å². The normalized spacial score (nSPS) is 10.8. The first-order chi connectivity index (χ1) is 14.9. The summed E-state index contributed by atoms with van der Waals surface area (Å²) in [5.41, 5.74) is 6.90. The maximum Gasteiger partial charge on any atom is 0.315 e. The van der Waals surface area contributed by atoms with E-state index in [4.69, 9.17) is 21.1 Å². The summed E-state index contributed by atoms with van der Waals surface area (Å²) in [5, 5.41) is 16.4. The Morgan fingerprint density at radius 3 is 2.68 bits per heavy atom. The molecule has 7 nitrogen and oxygen atoms in total. The maximum atomic E-state index is 11.7. The van der Waals surface area contributed by atoms with Crippen LogP contribution < -0.4 is 14.9 Å². The van der Waals surface area contributed by atoms with Crippen LogP contribution >= 0.6 is 11.6 Å². The minimum Gasteiger partial charge on any atom is -0.493 e. The molecule has 0 fully saturated rings. The van der Waals surface area contributed by atoms with E-state index in [1.807, 2.05) is 32.0 Å². The third-order valence-corrected chi connectivity index (χ3v) is 4.82. The fraction of sp³-hybridized carbons (Fsp3) is 0.174. The third kappa shape index (κ3) is 5.73. The van der Waals surface area contributed by atoms with Crippen LogP contribution in [0.15, 0.2) is 59.7 Å². The van der Waals surface area contributed by atoms with Gasteiger partial charge in [0.1, 0.15) is 6.61 Å². The highest BCUT2D eigenvalue weighted by molar-refractivity contribution is 6.30. The van der Waals surface area contributed by atoms with Crippen molar-refractivity contribution < 1.29 is 14.4 Å². The van der Waals surface area contributed by atoms with Crippen LogP contribution in [0.2, 0.25) is 5.02 Å². The summed E-state index contributed by atoms with van der Waals surface area (Å²) >= 11 is 5.95. The number of hydrogen-bond acceptors (Lipinski definition) is 6. The van der Waals surface area contributed by atoms with Crippen LogP contribution in [0.4, 0.5) is 11.4 Å². The average Bonchev–Trinajstić information content (AvgIpc) is 2.74. The summed E-state index contributed by atoms with van der Waals surface area (Å²) in [6.45, 7) is 4.14. The molecule has 0 unspecified atom stereocenters. The number of hydrogen-bond donors (Lipinski definition) is 1. The fourth-order valence-corrected chi connectivity index (χ4v) is 3.15. The molecule has 8 heteroatoms. The molecule has 0 spiro atoms. The molecule has 1 N–H and O–H groups in total. The summed E-state index contributed by atoms with van der Waals surface area (Å²) in [4.78, 5) is 11.2. The smallest absolute Gasteiger partial charge is 0.315 e. The number of hydrazone groups is 1. The number of aryl methyl sites for hydroxylation is 2. The lowest BCUT2D eigenvalue weighted by Gasteiger charge is -2.13. The molecular weight excluding hydrogens is 418 g/mol. The quantitative estimate of drug-likeness (QED) is 0.268. The Morgan fingerprint density at radius 1 is 1.16 bits per heavy atom. The molecule has 0 aromatic heterocycles. The number of benzene rings is 3. The SMILES string of the molecule is COc1cc(C=NNc2cccc(Cl)c2)cc([N+](=O)[O-])c1OCc1cc(C)ccc1C. The Labute approximate surface area is 185 Å². The van der Waals surface area contributed by atoms with Crippen LogP contribution in [0.3, 0.4) is 0 Å². The molecule has 0 aliphatic heterocycles. The van der Waals surface area contributed by atoms with Gasteiger partial charge in [0.25, 0.3) is 0 Å². The van der Waals surface area contributed by atoms with Crippen molar-refractivity contribution in [1.82, 2.24) is 0 Å². The van der Waals surface area contributed by atoms with Crippen molar-refractivity contribution in [3.63, 3.8) is 0 Å². The Bertz CT molecular complexity index is 1130. The van der Waals surface area contributed by atoms with E-state index in [1.54, 1.807) is 30.3 Å². The van der Waals surface area contributed by atoms with Gasteiger partial charge in [-0.1, -0.05) is 41.4 Å². The van der Waals surface area contributed by atoms with E-state index in [-0.39, 0.29) is 23.8 Å². The molecule has 0 atom stereocenters. The zero-order chi connectivity index (χ0) is 22.4. The Hall–Kier alpha value is -3.58. The number of ether oxygens (including phenoxy) is 2. The van der Waals surface area contributed by atoms with Gasteiger partial charge in [0.05, 0.1) is 23.9 Å². The molecule has 0 amide bonds. The van der Waals surface area contributed by atoms with Crippen LogP contribution in [0.5, 0.6) is 11.5 Å². The van der Waals surface area contributed by atoms with Crippen LogP contribution in [-0.2, 0) is 6.61 Å². The molecule has 0 saturated carbocycles. The second-order valence-corrected chi connectivity index (χ2v) is 7.36. The van der Waals surface area contributed by atoms with Crippen molar-refractivity contribution in [2.24, 2.45) is 5.10 Å². The fourth-order valence-electron chi connectivity index (χ4n) is 2.96. The van der Waals surface area contributed by atoms with E-state index in [0.717, 1.165) is 16.7 Å². The number of nitrogens with zero attached hydrogens (tertiary/aromatic N) is 2. The van der Waals surface area contributed by atoms with E-state index in [9.17, 15) is 10.1 Å². The van der Waals surface area contributed by atoms with Gasteiger partial charge in [-0.2, -0.15) is 5.10 Å². The molecule has 0 aliphatic rings. The summed E-state index contributed by atoms with van der Waals surface area (Å²) in [7, 11) is 1.44. The second kappa shape index (κ2) is 9.95. The van der Waals surface area contributed by atoms with Gasteiger partial charge < -0.3 is 9.47 Å². The molecular formula is C23H22ClN3O4. The minimum atomic E-state index is -0.497. The van der Waals surface area contributed by atoms with Gasteiger partial charge in [-0.25, -0.2) is 0 Å². The number of rotatable bonds is 8. The summed E-state index contributed by atoms with van der Waals surface area (Å²) < 4.78 is 11.2. The first-order valence-electron chi connectivity index (χ1n) is 9.47. The predicted molar refractivity (Wildman–Crippen MR) is 123 cm³/mol. The second-order valence-electron chi connectivity index (χ2n) is 6.93. The van der Waals surface area contributed by atoms with Crippen LogP contribution in [0.1, 0.15) is 22.3 Å². The lowest BCUT2D eigenvalue weighted by molar-refractivity contribution is -0.386. The average molecular weight is 440 g/mol. The lowest BCUT2D eigenvalue weighted by Crippen LogP contribution is -2.04. The number of anilines is 1. The van der Waals surface area contributed by atoms with Crippen LogP contribution in [0, 0.1) is 24.0 Å². The van der Waals surface area contributed by atoms with Crippen molar-refractivity contribution in [3.8, 4) is 11.5 Å². The van der Waals surface area contributed by atoms with E-state index < -0.39 is 4.92 Å². The highest BCUT2D eigenvalue weighted by Crippen LogP contribution is 2.38. The topological polar surface area (TPSA) is 86.0 Å². The number of methoxy groups -OCH3 is 1. The monoisotopic (exact) mass is 439 g/mol. The molecule has 0 saturated heterocycles. The number of halogens is 1. The number of nitro groups is 1. The zero-order valence-corrected chi connectivity index (χ0v) is 18.1. The first-order valence-corrected chi connectivity index (χ1v) is 9.85. The van der Waals surface area contributed by atoms with E-state index in [1.165, 1.54) is 19.4 Å². The standard InChI is InChI=1S/C23H22ClN3O4/c1-15-7-8-16(2)18(9-15)14-31-23-21(27(28)29)10-17(11-22(23)30-3)13-25-26-20-6-4-5-19(24)12-20/h4-13,26H,14H2,1-3H3. The molecule has 3 aromatic carbocycles. The first kappa shape index (κ1) is 22.1. The number of nitro benzene ring substituents is 1. The number of nitrogens with one attached hydrogen (secondary N) is 1. The molecule has 3 rings (SSSR count). The molecule has 0 heterocycles. The summed E-state index contributed by atoms with van der Waals surface area (Å²) in [6.07, 6.45) is 1.46. The summed E-state index contributed by atoms with van der Waals surface area (Å²) in [5.74, 6) is 0.331. The zero-order valence-electron chi connectivity index (χ0n) is 17.4. The highest BCUT2D eigenvalue weighted by Gasteiger charge is 2.22. The van der Waals surface area contributed by atoms with Gasteiger partial charge in [0.2, 0.25) is 5.75 Å². The Balaban J connectivity index is 1.85. The Kier molecular flexibility index (Phi) is 7.10. The van der Waals surface area contributed by atoms with E-state index >= 15 is 0 Å². The van der Waals surface area contributed by atoms with Crippen molar-refractivity contribution in [1.29, 1.82) is 0 Å². The van der Waals surface area contributed by atoms with Gasteiger partial charge in [-0.05, 0) is 49.2 Å². The minimum absolute atomic E-state index is 0.0772. The predicted octanol–water partition coefficient (Wildman–Crippen LogP) is 5.90. The van der Waals surface area contributed by atoms with Crippen molar-refractivity contribution in [2.75, 3.05) is 12.5 Å². The molecule has 0 bridgehead atoms. The maximum absolute atomic E-state index is 11.7. The lowest BCUT2D eigenvalue weighted by atomic mass is 10.1. The van der Waals surface area contributed by atoms with E-state index in [2.05, 4.69) is 10.5 Å². The molecule has 0 aliphatic carbocycles. The molecule has 0 radical (unpaired) electrons. The van der Waals surface area contributed by atoms with Gasteiger partial charge in [-0.3, -0.25) is 15.5 Å². The summed E-state index contributed by atoms with van der Waals surface area (Å²) in [6, 6.07) is 16.1. The van der Waals surface area contributed by atoms with Gasteiger partial charge in [-0.15, -0.1) is 0 Å². The van der Waals surface area contributed by atoms with Gasteiger partial charge in [0.15, 0.2) is 5.75 Å². The van der Waals surface area contributed by atoms with Crippen LogP contribution in [-0.4, -0.2) is 18.2 Å². The van der Waals surface area contributed by atoms with Crippen molar-refractivity contribution in [2.45, 2.75) is 20.5 Å². The molecule has 160 valence electrons. The Morgan fingerprint density at radius 2 is 1.97 bits per heavy atom. The van der Waals surface area contributed by atoms with Crippen LogP contribution in [0.25, 0.3) is 0 Å². The van der Waals surface area contributed by atoms with Crippen molar-refractivity contribution in [3.05, 3.63) is 92.0 Å². The third-order valence-electron chi connectivity index (χ3n) is 4.58. The molecule has 31 heavy (non-hydrogen) atoms.